The second kappa shape index (κ2) is 6.60. The number of rotatable bonds is 5. The van der Waals surface area contributed by atoms with Crippen molar-refractivity contribution in [3.05, 3.63) is 64.2 Å². The summed E-state index contributed by atoms with van der Waals surface area (Å²) >= 11 is 6.12. The van der Waals surface area contributed by atoms with E-state index in [1.807, 2.05) is 37.3 Å². The Kier molecular flexibility index (Phi) is 4.83. The van der Waals surface area contributed by atoms with E-state index in [9.17, 15) is 0 Å². The third-order valence-corrected chi connectivity index (χ3v) is 3.56. The van der Waals surface area contributed by atoms with Gasteiger partial charge in [0, 0.05) is 24.4 Å². The van der Waals surface area contributed by atoms with Crippen LogP contribution >= 0.6 is 11.6 Å². The highest BCUT2D eigenvalue weighted by Gasteiger charge is 2.04. The van der Waals surface area contributed by atoms with Crippen molar-refractivity contribution in [3.63, 3.8) is 0 Å². The highest BCUT2D eigenvalue weighted by Crippen LogP contribution is 2.23. The molecular weight excluding hydrogens is 258 g/mol. The Balaban J connectivity index is 2.12. The maximum atomic E-state index is 6.12. The molecule has 0 bridgehead atoms. The Morgan fingerprint density at radius 2 is 1.79 bits per heavy atom. The molecular formula is C16H18ClNO. The fraction of sp³-hybridized carbons (Fsp3) is 0.250. The maximum Gasteiger partial charge on any atom is 0.0716 e. The quantitative estimate of drug-likeness (QED) is 0.873. The second-order valence-corrected chi connectivity index (χ2v) is 4.87. The summed E-state index contributed by atoms with van der Waals surface area (Å²) in [6.07, 6.45) is 0. The van der Waals surface area contributed by atoms with Crippen LogP contribution in [0.25, 0.3) is 0 Å². The van der Waals surface area contributed by atoms with Gasteiger partial charge in [-0.3, -0.25) is 0 Å². The number of methoxy groups -OCH3 is 1. The van der Waals surface area contributed by atoms with Gasteiger partial charge in [-0.1, -0.05) is 41.9 Å². The van der Waals surface area contributed by atoms with Crippen LogP contribution in [0.4, 0.5) is 5.69 Å². The molecule has 19 heavy (non-hydrogen) atoms. The minimum Gasteiger partial charge on any atom is -0.381 e. The number of halogens is 1. The summed E-state index contributed by atoms with van der Waals surface area (Å²) < 4.78 is 5.21. The fourth-order valence-electron chi connectivity index (χ4n) is 2.02. The molecule has 0 amide bonds. The van der Waals surface area contributed by atoms with Crippen LogP contribution in [0.3, 0.4) is 0 Å². The zero-order valence-corrected chi connectivity index (χ0v) is 12.0. The largest absolute Gasteiger partial charge is 0.381 e. The SMILES string of the molecule is COCc1ccccc1CNc1cccc(Cl)c1C. The van der Waals surface area contributed by atoms with E-state index < -0.39 is 0 Å². The number of benzene rings is 2. The summed E-state index contributed by atoms with van der Waals surface area (Å²) in [6.45, 7) is 3.42. The minimum absolute atomic E-state index is 0.631. The lowest BCUT2D eigenvalue weighted by Crippen LogP contribution is -2.04. The molecule has 0 aliphatic heterocycles. The van der Waals surface area contributed by atoms with E-state index in [1.165, 1.54) is 11.1 Å². The molecule has 2 rings (SSSR count). The lowest BCUT2D eigenvalue weighted by molar-refractivity contribution is 0.184. The van der Waals surface area contributed by atoms with Crippen molar-refractivity contribution in [1.29, 1.82) is 0 Å². The molecule has 2 nitrogen and oxygen atoms in total. The van der Waals surface area contributed by atoms with Crippen molar-refractivity contribution in [2.24, 2.45) is 0 Å². The number of hydrogen-bond acceptors (Lipinski definition) is 2. The molecule has 0 radical (unpaired) electrons. The molecule has 0 aliphatic carbocycles. The van der Waals surface area contributed by atoms with Crippen molar-refractivity contribution < 1.29 is 4.74 Å². The van der Waals surface area contributed by atoms with Crippen LogP contribution < -0.4 is 5.32 Å². The molecule has 0 atom stereocenters. The molecule has 0 aromatic heterocycles. The van der Waals surface area contributed by atoms with Gasteiger partial charge in [0.15, 0.2) is 0 Å². The average molecular weight is 276 g/mol. The Morgan fingerprint density at radius 1 is 1.05 bits per heavy atom. The van der Waals surface area contributed by atoms with E-state index >= 15 is 0 Å². The van der Waals surface area contributed by atoms with Gasteiger partial charge in [-0.15, -0.1) is 0 Å². The number of ether oxygens (including phenoxy) is 1. The molecule has 2 aromatic carbocycles. The van der Waals surface area contributed by atoms with Crippen LogP contribution in [0, 0.1) is 6.92 Å². The summed E-state index contributed by atoms with van der Waals surface area (Å²) in [5.41, 5.74) is 4.59. The third kappa shape index (κ3) is 3.49. The first-order valence-corrected chi connectivity index (χ1v) is 6.65. The van der Waals surface area contributed by atoms with E-state index in [0.29, 0.717) is 6.61 Å². The molecule has 0 spiro atoms. The summed E-state index contributed by atoms with van der Waals surface area (Å²) in [5, 5.41) is 4.22. The zero-order chi connectivity index (χ0) is 13.7. The van der Waals surface area contributed by atoms with E-state index in [0.717, 1.165) is 22.8 Å². The van der Waals surface area contributed by atoms with Gasteiger partial charge in [-0.25, -0.2) is 0 Å². The lowest BCUT2D eigenvalue weighted by Gasteiger charge is -2.13. The maximum absolute atomic E-state index is 6.12. The van der Waals surface area contributed by atoms with Gasteiger partial charge in [0.25, 0.3) is 0 Å². The van der Waals surface area contributed by atoms with Crippen LogP contribution in [0.15, 0.2) is 42.5 Å². The number of nitrogens with one attached hydrogen (secondary N) is 1. The summed E-state index contributed by atoms with van der Waals surface area (Å²) in [5.74, 6) is 0. The predicted octanol–water partition coefficient (Wildman–Crippen LogP) is 4.41. The first kappa shape index (κ1) is 13.9. The van der Waals surface area contributed by atoms with Crippen LogP contribution in [-0.2, 0) is 17.9 Å². The van der Waals surface area contributed by atoms with Crippen LogP contribution in [0.1, 0.15) is 16.7 Å². The van der Waals surface area contributed by atoms with Crippen molar-refractivity contribution >= 4 is 17.3 Å². The van der Waals surface area contributed by atoms with Crippen LogP contribution in [0.2, 0.25) is 5.02 Å². The second-order valence-electron chi connectivity index (χ2n) is 4.47. The predicted molar refractivity (Wildman–Crippen MR) is 80.7 cm³/mol. The molecule has 100 valence electrons. The smallest absolute Gasteiger partial charge is 0.0716 e. The Hall–Kier alpha value is -1.51. The summed E-state index contributed by atoms with van der Waals surface area (Å²) in [4.78, 5) is 0. The molecule has 0 saturated heterocycles. The topological polar surface area (TPSA) is 21.3 Å². The normalized spacial score (nSPS) is 10.5. The van der Waals surface area contributed by atoms with Crippen LogP contribution in [-0.4, -0.2) is 7.11 Å². The molecule has 0 unspecified atom stereocenters. The highest BCUT2D eigenvalue weighted by atomic mass is 35.5. The molecule has 3 heteroatoms. The first-order chi connectivity index (χ1) is 9.22. The minimum atomic E-state index is 0.631. The van der Waals surface area contributed by atoms with Crippen molar-refractivity contribution in [2.45, 2.75) is 20.1 Å². The van der Waals surface area contributed by atoms with Gasteiger partial charge < -0.3 is 10.1 Å². The number of anilines is 1. The molecule has 0 heterocycles. The molecule has 2 aromatic rings. The summed E-state index contributed by atoms with van der Waals surface area (Å²) in [7, 11) is 1.71. The Morgan fingerprint density at radius 3 is 2.53 bits per heavy atom. The van der Waals surface area contributed by atoms with Gasteiger partial charge in [-0.05, 0) is 35.7 Å². The van der Waals surface area contributed by atoms with Gasteiger partial charge in [0.1, 0.15) is 0 Å². The van der Waals surface area contributed by atoms with E-state index in [2.05, 4.69) is 17.4 Å². The first-order valence-electron chi connectivity index (χ1n) is 6.27. The van der Waals surface area contributed by atoms with Crippen molar-refractivity contribution in [1.82, 2.24) is 0 Å². The average Bonchev–Trinajstić information content (AvgIpc) is 2.42. The fourth-order valence-corrected chi connectivity index (χ4v) is 2.19. The zero-order valence-electron chi connectivity index (χ0n) is 11.2. The van der Waals surface area contributed by atoms with Crippen LogP contribution in [0.5, 0.6) is 0 Å². The molecule has 0 fully saturated rings. The van der Waals surface area contributed by atoms with E-state index in [-0.39, 0.29) is 0 Å². The van der Waals surface area contributed by atoms with Crippen molar-refractivity contribution in [3.8, 4) is 0 Å². The third-order valence-electron chi connectivity index (χ3n) is 3.16. The van der Waals surface area contributed by atoms with Crippen molar-refractivity contribution in [2.75, 3.05) is 12.4 Å². The van der Waals surface area contributed by atoms with Gasteiger partial charge in [0.2, 0.25) is 0 Å². The van der Waals surface area contributed by atoms with Gasteiger partial charge in [0.05, 0.1) is 6.61 Å². The van der Waals surface area contributed by atoms with Gasteiger partial charge in [-0.2, -0.15) is 0 Å². The molecule has 0 saturated carbocycles. The molecule has 0 aliphatic rings. The lowest BCUT2D eigenvalue weighted by atomic mass is 10.1. The molecule has 1 N–H and O–H groups in total. The standard InChI is InChI=1S/C16H18ClNO/c1-12-15(17)8-5-9-16(12)18-10-13-6-3-4-7-14(13)11-19-2/h3-9,18H,10-11H2,1-2H3. The van der Waals surface area contributed by atoms with E-state index in [4.69, 9.17) is 16.3 Å². The Bertz CT molecular complexity index is 554. The highest BCUT2D eigenvalue weighted by molar-refractivity contribution is 6.31. The van der Waals surface area contributed by atoms with Gasteiger partial charge >= 0.3 is 0 Å². The monoisotopic (exact) mass is 275 g/mol. The van der Waals surface area contributed by atoms with E-state index in [1.54, 1.807) is 7.11 Å². The summed E-state index contributed by atoms with van der Waals surface area (Å²) in [6, 6.07) is 14.2. The Labute approximate surface area is 119 Å². The number of hydrogen-bond donors (Lipinski definition) is 1.